The van der Waals surface area contributed by atoms with Crippen molar-refractivity contribution in [3.63, 3.8) is 0 Å². The Labute approximate surface area is 145 Å². The maximum Gasteiger partial charge on any atom is 0.254 e. The minimum Gasteiger partial charge on any atom is -0.461 e. The van der Waals surface area contributed by atoms with Crippen molar-refractivity contribution in [1.82, 2.24) is 14.9 Å². The number of aryl methyl sites for hydroxylation is 2. The lowest BCUT2D eigenvalue weighted by molar-refractivity contribution is -0.0248. The van der Waals surface area contributed by atoms with Gasteiger partial charge in [0.1, 0.15) is 23.3 Å². The third kappa shape index (κ3) is 3.13. The Kier molecular flexibility index (Phi) is 3.97. The van der Waals surface area contributed by atoms with Gasteiger partial charge in [0.25, 0.3) is 5.91 Å². The highest BCUT2D eigenvalue weighted by atomic mass is 16.5. The molecular weight excluding hydrogens is 318 g/mol. The van der Waals surface area contributed by atoms with Crippen molar-refractivity contribution < 1.29 is 13.9 Å². The summed E-state index contributed by atoms with van der Waals surface area (Å²) in [6.07, 6.45) is 1.50. The topological polar surface area (TPSA) is 68.5 Å². The molecule has 128 valence electrons. The van der Waals surface area contributed by atoms with E-state index in [1.54, 1.807) is 6.20 Å². The highest BCUT2D eigenvalue weighted by Gasteiger charge is 2.27. The van der Waals surface area contributed by atoms with E-state index in [1.165, 1.54) is 0 Å². The highest BCUT2D eigenvalue weighted by Crippen LogP contribution is 2.24. The van der Waals surface area contributed by atoms with Crippen molar-refractivity contribution in [2.75, 3.05) is 19.7 Å². The Morgan fingerprint density at radius 3 is 2.96 bits per heavy atom. The van der Waals surface area contributed by atoms with Crippen molar-refractivity contribution in [2.24, 2.45) is 0 Å². The number of amides is 1. The SMILES string of the molecule is Cc1nccc(C2CN(C(=O)c3ccc4oc(C)cc4c3)CCO2)n1. The van der Waals surface area contributed by atoms with Gasteiger partial charge >= 0.3 is 0 Å². The van der Waals surface area contributed by atoms with E-state index in [4.69, 9.17) is 9.15 Å². The molecule has 6 nitrogen and oxygen atoms in total. The van der Waals surface area contributed by atoms with E-state index in [1.807, 2.05) is 49.1 Å². The van der Waals surface area contributed by atoms with Gasteiger partial charge in [-0.05, 0) is 44.2 Å². The van der Waals surface area contributed by atoms with E-state index in [0.717, 1.165) is 22.4 Å². The van der Waals surface area contributed by atoms with Crippen molar-refractivity contribution in [3.05, 3.63) is 59.4 Å². The number of furan rings is 1. The van der Waals surface area contributed by atoms with Crippen LogP contribution in [0.25, 0.3) is 11.0 Å². The Hall–Kier alpha value is -2.73. The lowest BCUT2D eigenvalue weighted by Gasteiger charge is -2.32. The molecule has 0 spiro atoms. The van der Waals surface area contributed by atoms with E-state index >= 15 is 0 Å². The van der Waals surface area contributed by atoms with Crippen LogP contribution in [0.4, 0.5) is 0 Å². The molecule has 2 aromatic heterocycles. The minimum atomic E-state index is -0.223. The van der Waals surface area contributed by atoms with Gasteiger partial charge in [0.15, 0.2) is 0 Å². The molecule has 0 saturated carbocycles. The van der Waals surface area contributed by atoms with Crippen LogP contribution in [0.5, 0.6) is 0 Å². The molecular formula is C19H19N3O3. The monoisotopic (exact) mass is 337 g/mol. The number of benzene rings is 1. The van der Waals surface area contributed by atoms with Crippen LogP contribution in [-0.2, 0) is 4.74 Å². The second-order valence-corrected chi connectivity index (χ2v) is 6.25. The Bertz CT molecular complexity index is 935. The van der Waals surface area contributed by atoms with Crippen LogP contribution in [0.3, 0.4) is 0 Å². The first kappa shape index (κ1) is 15.8. The van der Waals surface area contributed by atoms with Crippen LogP contribution in [0.15, 0.2) is 40.9 Å². The zero-order valence-electron chi connectivity index (χ0n) is 14.2. The summed E-state index contributed by atoms with van der Waals surface area (Å²) in [4.78, 5) is 23.3. The van der Waals surface area contributed by atoms with Crippen molar-refractivity contribution in [1.29, 1.82) is 0 Å². The number of carbonyl (C=O) groups excluding carboxylic acids is 1. The van der Waals surface area contributed by atoms with E-state index in [9.17, 15) is 4.79 Å². The number of aromatic nitrogens is 2. The summed E-state index contributed by atoms with van der Waals surface area (Å²) in [6, 6.07) is 9.32. The first-order valence-electron chi connectivity index (χ1n) is 8.31. The van der Waals surface area contributed by atoms with Gasteiger partial charge < -0.3 is 14.1 Å². The maximum absolute atomic E-state index is 12.9. The Morgan fingerprint density at radius 2 is 2.12 bits per heavy atom. The van der Waals surface area contributed by atoms with Gasteiger partial charge in [-0.3, -0.25) is 4.79 Å². The molecule has 1 atom stereocenters. The van der Waals surface area contributed by atoms with Crippen LogP contribution >= 0.6 is 0 Å². The van der Waals surface area contributed by atoms with Crippen molar-refractivity contribution in [3.8, 4) is 0 Å². The predicted molar refractivity (Wildman–Crippen MR) is 92.3 cm³/mol. The van der Waals surface area contributed by atoms with Crippen LogP contribution in [0.2, 0.25) is 0 Å². The quantitative estimate of drug-likeness (QED) is 0.719. The smallest absolute Gasteiger partial charge is 0.254 e. The summed E-state index contributed by atoms with van der Waals surface area (Å²) >= 11 is 0. The van der Waals surface area contributed by atoms with Gasteiger partial charge in [-0.2, -0.15) is 0 Å². The highest BCUT2D eigenvalue weighted by molar-refractivity contribution is 5.97. The number of fused-ring (bicyclic) bond motifs is 1. The molecule has 25 heavy (non-hydrogen) atoms. The van der Waals surface area contributed by atoms with Gasteiger partial charge in [-0.25, -0.2) is 9.97 Å². The standard InChI is InChI=1S/C19H19N3O3/c1-12-9-15-10-14(3-4-17(15)25-12)19(23)22-7-8-24-18(11-22)16-5-6-20-13(2)21-16/h3-6,9-10,18H,7-8,11H2,1-2H3. The number of ether oxygens (including phenoxy) is 1. The molecule has 1 aliphatic rings. The van der Waals surface area contributed by atoms with E-state index in [0.29, 0.717) is 31.1 Å². The second kappa shape index (κ2) is 6.29. The predicted octanol–water partition coefficient (Wildman–Crippen LogP) is 3.05. The van der Waals surface area contributed by atoms with Crippen molar-refractivity contribution in [2.45, 2.75) is 20.0 Å². The first-order valence-corrected chi connectivity index (χ1v) is 8.31. The van der Waals surface area contributed by atoms with Gasteiger partial charge in [0.2, 0.25) is 0 Å². The molecule has 3 heterocycles. The summed E-state index contributed by atoms with van der Waals surface area (Å²) in [6.45, 7) is 5.29. The van der Waals surface area contributed by atoms with Crippen molar-refractivity contribution >= 4 is 16.9 Å². The summed E-state index contributed by atoms with van der Waals surface area (Å²) in [5.41, 5.74) is 2.27. The summed E-state index contributed by atoms with van der Waals surface area (Å²) in [5.74, 6) is 1.54. The zero-order valence-corrected chi connectivity index (χ0v) is 14.2. The Morgan fingerprint density at radius 1 is 1.24 bits per heavy atom. The van der Waals surface area contributed by atoms with Crippen LogP contribution in [0.1, 0.15) is 33.7 Å². The normalized spacial score (nSPS) is 17.8. The van der Waals surface area contributed by atoms with E-state index < -0.39 is 0 Å². The zero-order chi connectivity index (χ0) is 17.4. The molecule has 6 heteroatoms. The minimum absolute atomic E-state index is 0.000156. The lowest BCUT2D eigenvalue weighted by atomic mass is 10.1. The number of carbonyl (C=O) groups is 1. The maximum atomic E-state index is 12.9. The summed E-state index contributed by atoms with van der Waals surface area (Å²) in [5, 5.41) is 0.944. The molecule has 1 aliphatic heterocycles. The van der Waals surface area contributed by atoms with Gasteiger partial charge in [-0.1, -0.05) is 0 Å². The third-order valence-corrected chi connectivity index (χ3v) is 4.37. The first-order chi connectivity index (χ1) is 12.1. The van der Waals surface area contributed by atoms with Gasteiger partial charge in [0.05, 0.1) is 18.8 Å². The fourth-order valence-corrected chi connectivity index (χ4v) is 3.16. The fourth-order valence-electron chi connectivity index (χ4n) is 3.16. The third-order valence-electron chi connectivity index (χ3n) is 4.37. The molecule has 1 amide bonds. The molecule has 1 fully saturated rings. The summed E-state index contributed by atoms with van der Waals surface area (Å²) < 4.78 is 11.4. The summed E-state index contributed by atoms with van der Waals surface area (Å²) in [7, 11) is 0. The number of rotatable bonds is 2. The van der Waals surface area contributed by atoms with E-state index in [-0.39, 0.29) is 12.0 Å². The van der Waals surface area contributed by atoms with Crippen LogP contribution < -0.4 is 0 Å². The van der Waals surface area contributed by atoms with Gasteiger partial charge in [-0.15, -0.1) is 0 Å². The lowest BCUT2D eigenvalue weighted by Crippen LogP contribution is -2.42. The molecule has 0 bridgehead atoms. The molecule has 0 radical (unpaired) electrons. The second-order valence-electron chi connectivity index (χ2n) is 6.25. The molecule has 0 aliphatic carbocycles. The number of nitrogens with zero attached hydrogens (tertiary/aromatic N) is 3. The molecule has 4 rings (SSSR count). The van der Waals surface area contributed by atoms with Gasteiger partial charge in [0, 0.05) is 23.7 Å². The fraction of sp³-hybridized carbons (Fsp3) is 0.316. The molecule has 1 unspecified atom stereocenters. The number of hydrogen-bond acceptors (Lipinski definition) is 5. The number of hydrogen-bond donors (Lipinski definition) is 0. The molecule has 1 aromatic carbocycles. The average molecular weight is 337 g/mol. The Balaban J connectivity index is 1.56. The molecule has 1 saturated heterocycles. The molecule has 3 aromatic rings. The van der Waals surface area contributed by atoms with E-state index in [2.05, 4.69) is 9.97 Å². The van der Waals surface area contributed by atoms with Crippen LogP contribution in [-0.4, -0.2) is 40.5 Å². The molecule has 0 N–H and O–H groups in total. The number of morpholine rings is 1. The van der Waals surface area contributed by atoms with Crippen LogP contribution in [0, 0.1) is 13.8 Å². The largest absolute Gasteiger partial charge is 0.461 e. The average Bonchev–Trinajstić information content (AvgIpc) is 3.00.